The Kier molecular flexibility index (Phi) is 3.40. The maximum Gasteiger partial charge on any atom is 0.170 e. The number of anilines is 1. The molecule has 2 aromatic rings. The zero-order valence-electron chi connectivity index (χ0n) is 14.3. The van der Waals surface area contributed by atoms with Gasteiger partial charge in [0.25, 0.3) is 0 Å². The van der Waals surface area contributed by atoms with Gasteiger partial charge in [-0.15, -0.1) is 0 Å². The molecule has 0 radical (unpaired) electrons. The second-order valence-electron chi connectivity index (χ2n) is 7.04. The summed E-state index contributed by atoms with van der Waals surface area (Å²) in [5.41, 5.74) is 4.46. The Morgan fingerprint density at radius 3 is 2.50 bits per heavy atom. The number of ether oxygens (including phenoxy) is 1. The molecule has 1 saturated heterocycles. The fourth-order valence-corrected chi connectivity index (χ4v) is 4.08. The number of fused-ring (bicyclic) bond motifs is 3. The Labute approximate surface area is 144 Å². The molecule has 24 heavy (non-hydrogen) atoms. The van der Waals surface area contributed by atoms with Crippen molar-refractivity contribution in [3.05, 3.63) is 77.9 Å². The van der Waals surface area contributed by atoms with Crippen molar-refractivity contribution in [2.75, 3.05) is 18.1 Å². The second kappa shape index (κ2) is 5.35. The molecule has 1 unspecified atom stereocenters. The van der Waals surface area contributed by atoms with Crippen molar-refractivity contribution in [3.63, 3.8) is 0 Å². The minimum atomic E-state index is -0.409. The SMILES string of the molecule is C=Cc1ccc(C=CC23OCCN2c2ccccc2C3(C)C)cc1. The van der Waals surface area contributed by atoms with Crippen LogP contribution in [0.2, 0.25) is 0 Å². The summed E-state index contributed by atoms with van der Waals surface area (Å²) in [6.45, 7) is 10.1. The Hall–Kier alpha value is -2.32. The van der Waals surface area contributed by atoms with Crippen molar-refractivity contribution in [1.29, 1.82) is 0 Å². The molecule has 2 heterocycles. The van der Waals surface area contributed by atoms with E-state index in [-0.39, 0.29) is 5.41 Å². The van der Waals surface area contributed by atoms with Crippen LogP contribution in [0.1, 0.15) is 30.5 Å². The van der Waals surface area contributed by atoms with Gasteiger partial charge in [0.2, 0.25) is 0 Å². The lowest BCUT2D eigenvalue weighted by Crippen LogP contribution is -2.51. The van der Waals surface area contributed by atoms with E-state index >= 15 is 0 Å². The topological polar surface area (TPSA) is 12.5 Å². The van der Waals surface area contributed by atoms with E-state index in [2.05, 4.69) is 86.0 Å². The highest BCUT2D eigenvalue weighted by molar-refractivity contribution is 5.70. The first kappa shape index (κ1) is 15.2. The zero-order valence-corrected chi connectivity index (χ0v) is 14.3. The van der Waals surface area contributed by atoms with Crippen LogP contribution in [0.15, 0.2) is 61.2 Å². The Morgan fingerprint density at radius 1 is 1.04 bits per heavy atom. The molecule has 0 saturated carbocycles. The van der Waals surface area contributed by atoms with Crippen LogP contribution in [0.5, 0.6) is 0 Å². The predicted molar refractivity (Wildman–Crippen MR) is 101 cm³/mol. The maximum atomic E-state index is 6.35. The van der Waals surface area contributed by atoms with Crippen LogP contribution in [0, 0.1) is 0 Å². The van der Waals surface area contributed by atoms with Crippen LogP contribution in [-0.2, 0) is 10.2 Å². The summed E-state index contributed by atoms with van der Waals surface area (Å²) < 4.78 is 6.35. The van der Waals surface area contributed by atoms with Crippen LogP contribution in [-0.4, -0.2) is 18.9 Å². The quantitative estimate of drug-likeness (QED) is 0.801. The second-order valence-corrected chi connectivity index (χ2v) is 7.04. The van der Waals surface area contributed by atoms with Crippen LogP contribution in [0.25, 0.3) is 12.2 Å². The standard InChI is InChI=1S/C22H23NO/c1-4-17-9-11-18(12-10-17)13-14-22-21(2,3)19-7-5-6-8-20(19)23(22)15-16-24-22/h4-14H,1,15-16H2,2-3H3. The number of nitrogens with zero attached hydrogens (tertiary/aromatic N) is 1. The van der Waals surface area contributed by atoms with Crippen molar-refractivity contribution in [2.24, 2.45) is 0 Å². The summed E-state index contributed by atoms with van der Waals surface area (Å²) in [7, 11) is 0. The van der Waals surface area contributed by atoms with E-state index in [4.69, 9.17) is 4.74 Å². The molecule has 0 bridgehead atoms. The normalized spacial score (nSPS) is 24.2. The summed E-state index contributed by atoms with van der Waals surface area (Å²) in [6, 6.07) is 17.1. The third-order valence-electron chi connectivity index (χ3n) is 5.48. The molecule has 1 fully saturated rings. The van der Waals surface area contributed by atoms with Gasteiger partial charge in [-0.1, -0.05) is 75.0 Å². The fourth-order valence-electron chi connectivity index (χ4n) is 4.08. The molecule has 0 spiro atoms. The van der Waals surface area contributed by atoms with Crippen LogP contribution >= 0.6 is 0 Å². The molecule has 0 N–H and O–H groups in total. The smallest absolute Gasteiger partial charge is 0.170 e. The summed E-state index contributed by atoms with van der Waals surface area (Å²) in [5, 5.41) is 0. The van der Waals surface area contributed by atoms with Crippen LogP contribution < -0.4 is 4.90 Å². The van der Waals surface area contributed by atoms with Crippen molar-refractivity contribution in [1.82, 2.24) is 0 Å². The summed E-state index contributed by atoms with van der Waals surface area (Å²) in [6.07, 6.45) is 6.28. The largest absolute Gasteiger partial charge is 0.349 e. The lowest BCUT2D eigenvalue weighted by molar-refractivity contribution is 0.000337. The Bertz CT molecular complexity index is 803. The van der Waals surface area contributed by atoms with Gasteiger partial charge in [-0.05, 0) is 28.8 Å². The van der Waals surface area contributed by atoms with Gasteiger partial charge >= 0.3 is 0 Å². The van der Waals surface area contributed by atoms with E-state index in [0.717, 1.165) is 18.7 Å². The molecule has 0 amide bonds. The maximum absolute atomic E-state index is 6.35. The van der Waals surface area contributed by atoms with Crippen LogP contribution in [0.4, 0.5) is 5.69 Å². The van der Waals surface area contributed by atoms with Crippen molar-refractivity contribution >= 4 is 17.8 Å². The van der Waals surface area contributed by atoms with E-state index in [9.17, 15) is 0 Å². The minimum absolute atomic E-state index is 0.0996. The van der Waals surface area contributed by atoms with Gasteiger partial charge in [-0.2, -0.15) is 0 Å². The lowest BCUT2D eigenvalue weighted by Gasteiger charge is -2.39. The molecule has 1 atom stereocenters. The highest BCUT2D eigenvalue weighted by atomic mass is 16.5. The number of para-hydroxylation sites is 1. The first-order valence-electron chi connectivity index (χ1n) is 8.51. The molecule has 122 valence electrons. The number of hydrogen-bond donors (Lipinski definition) is 0. The molecule has 0 aliphatic carbocycles. The van der Waals surface area contributed by atoms with Crippen LogP contribution in [0.3, 0.4) is 0 Å². The van der Waals surface area contributed by atoms with Crippen molar-refractivity contribution in [2.45, 2.75) is 25.0 Å². The zero-order chi connectivity index (χ0) is 16.8. The van der Waals surface area contributed by atoms with E-state index in [1.54, 1.807) is 0 Å². The number of rotatable bonds is 3. The van der Waals surface area contributed by atoms with Crippen molar-refractivity contribution < 1.29 is 4.74 Å². The molecule has 2 heteroatoms. The molecule has 2 aromatic carbocycles. The van der Waals surface area contributed by atoms with Gasteiger partial charge < -0.3 is 9.64 Å². The first-order chi connectivity index (χ1) is 11.6. The minimum Gasteiger partial charge on any atom is -0.349 e. The summed E-state index contributed by atoms with van der Waals surface area (Å²) in [4.78, 5) is 2.41. The van der Waals surface area contributed by atoms with Gasteiger partial charge in [0.05, 0.1) is 6.61 Å². The van der Waals surface area contributed by atoms with E-state index in [0.29, 0.717) is 0 Å². The van der Waals surface area contributed by atoms with Crippen molar-refractivity contribution in [3.8, 4) is 0 Å². The number of hydrogen-bond acceptors (Lipinski definition) is 2. The van der Waals surface area contributed by atoms with Gasteiger partial charge in [-0.3, -0.25) is 0 Å². The first-order valence-corrected chi connectivity index (χ1v) is 8.51. The lowest BCUT2D eigenvalue weighted by atomic mass is 9.77. The third kappa shape index (κ3) is 1.99. The summed E-state index contributed by atoms with van der Waals surface area (Å²) >= 11 is 0. The average Bonchev–Trinajstić information content (AvgIpc) is 3.12. The molecule has 2 aliphatic heterocycles. The van der Waals surface area contributed by atoms with E-state index in [1.165, 1.54) is 16.8 Å². The highest BCUT2D eigenvalue weighted by Gasteiger charge is 2.58. The van der Waals surface area contributed by atoms with Gasteiger partial charge in [0.1, 0.15) is 0 Å². The third-order valence-corrected chi connectivity index (χ3v) is 5.48. The molecule has 2 aliphatic rings. The Balaban J connectivity index is 1.75. The highest BCUT2D eigenvalue weighted by Crippen LogP contribution is 2.54. The van der Waals surface area contributed by atoms with Gasteiger partial charge in [-0.25, -0.2) is 0 Å². The fraction of sp³-hybridized carbons (Fsp3) is 0.273. The molecule has 4 rings (SSSR count). The molecule has 2 nitrogen and oxygen atoms in total. The van der Waals surface area contributed by atoms with Gasteiger partial charge in [0, 0.05) is 17.6 Å². The molecular weight excluding hydrogens is 294 g/mol. The van der Waals surface area contributed by atoms with E-state index < -0.39 is 5.72 Å². The van der Waals surface area contributed by atoms with E-state index in [1.807, 2.05) is 6.08 Å². The Morgan fingerprint density at radius 2 is 1.75 bits per heavy atom. The average molecular weight is 317 g/mol. The molecule has 0 aromatic heterocycles. The molecular formula is C22H23NO. The monoisotopic (exact) mass is 317 g/mol. The summed E-state index contributed by atoms with van der Waals surface area (Å²) in [5.74, 6) is 0. The predicted octanol–water partition coefficient (Wildman–Crippen LogP) is 4.87. The van der Waals surface area contributed by atoms with Gasteiger partial charge in [0.15, 0.2) is 5.72 Å². The number of benzene rings is 2.